The number of para-hydroxylation sites is 1. The first-order valence-electron chi connectivity index (χ1n) is 6.37. The Morgan fingerprint density at radius 1 is 1.05 bits per heavy atom. The number of benzene rings is 2. The van der Waals surface area contributed by atoms with E-state index < -0.39 is 0 Å². The fourth-order valence-electron chi connectivity index (χ4n) is 2.80. The zero-order valence-corrected chi connectivity index (χ0v) is 12.7. The fraction of sp³-hybridized carbons (Fsp3) is 0.188. The van der Waals surface area contributed by atoms with Crippen LogP contribution in [0.1, 0.15) is 34.3 Å². The van der Waals surface area contributed by atoms with Crippen LogP contribution in [-0.4, -0.2) is 13.0 Å². The smallest absolute Gasteiger partial charge is 0.259 e. The van der Waals surface area contributed by atoms with Crippen LogP contribution in [0.5, 0.6) is 0 Å². The molecule has 0 bridgehead atoms. The molecule has 0 aliphatic carbocycles. The first-order valence-corrected chi connectivity index (χ1v) is 7.13. The van der Waals surface area contributed by atoms with Crippen LogP contribution in [-0.2, 0) is 0 Å². The molecule has 102 valence electrons. The van der Waals surface area contributed by atoms with E-state index in [1.54, 1.807) is 24.1 Å². The van der Waals surface area contributed by atoms with Gasteiger partial charge in [-0.15, -0.1) is 0 Å². The molecule has 1 amide bonds. The van der Waals surface area contributed by atoms with Gasteiger partial charge in [-0.2, -0.15) is 0 Å². The third kappa shape index (κ3) is 1.83. The summed E-state index contributed by atoms with van der Waals surface area (Å²) in [5, 5.41) is 1.02. The van der Waals surface area contributed by atoms with Crippen molar-refractivity contribution in [1.82, 2.24) is 0 Å². The van der Waals surface area contributed by atoms with Crippen LogP contribution in [0.3, 0.4) is 0 Å². The highest BCUT2D eigenvalue weighted by atomic mass is 35.5. The van der Waals surface area contributed by atoms with E-state index in [-0.39, 0.29) is 11.8 Å². The van der Waals surface area contributed by atoms with Crippen molar-refractivity contribution >= 4 is 34.8 Å². The molecule has 0 saturated heterocycles. The highest BCUT2D eigenvalue weighted by molar-refractivity contribution is 6.37. The average Bonchev–Trinajstić information content (AvgIpc) is 2.54. The van der Waals surface area contributed by atoms with Crippen molar-refractivity contribution in [1.29, 1.82) is 0 Å². The number of carbonyl (C=O) groups is 1. The topological polar surface area (TPSA) is 20.3 Å². The van der Waals surface area contributed by atoms with E-state index in [0.717, 1.165) is 16.8 Å². The quantitative estimate of drug-likeness (QED) is 0.688. The molecule has 20 heavy (non-hydrogen) atoms. The second-order valence-electron chi connectivity index (χ2n) is 4.96. The number of hydrogen-bond donors (Lipinski definition) is 0. The van der Waals surface area contributed by atoms with Crippen LogP contribution in [0.4, 0.5) is 5.69 Å². The maximum Gasteiger partial charge on any atom is 0.259 e. The van der Waals surface area contributed by atoms with Gasteiger partial charge >= 0.3 is 0 Å². The molecule has 4 heteroatoms. The van der Waals surface area contributed by atoms with Gasteiger partial charge in [-0.3, -0.25) is 4.79 Å². The normalized spacial score (nSPS) is 17.5. The third-order valence-electron chi connectivity index (χ3n) is 3.86. The van der Waals surface area contributed by atoms with Gasteiger partial charge in [0.2, 0.25) is 0 Å². The molecule has 2 aromatic rings. The summed E-state index contributed by atoms with van der Waals surface area (Å²) in [5.41, 5.74) is 3.28. The van der Waals surface area contributed by atoms with Crippen molar-refractivity contribution in [3.63, 3.8) is 0 Å². The molecule has 2 nitrogen and oxygen atoms in total. The molecule has 0 spiro atoms. The number of nitrogens with zero attached hydrogens (tertiary/aromatic N) is 1. The summed E-state index contributed by atoms with van der Waals surface area (Å²) < 4.78 is 0. The molecule has 2 aromatic carbocycles. The lowest BCUT2D eigenvalue weighted by Gasteiger charge is -2.18. The van der Waals surface area contributed by atoms with Gasteiger partial charge in [0.1, 0.15) is 0 Å². The summed E-state index contributed by atoms with van der Waals surface area (Å²) in [6.07, 6.45) is 0. The van der Waals surface area contributed by atoms with E-state index >= 15 is 0 Å². The van der Waals surface area contributed by atoms with Gasteiger partial charge in [-0.25, -0.2) is 0 Å². The van der Waals surface area contributed by atoms with E-state index in [1.807, 2.05) is 31.2 Å². The minimum Gasteiger partial charge on any atom is -0.311 e. The molecule has 1 heterocycles. The van der Waals surface area contributed by atoms with E-state index in [9.17, 15) is 4.79 Å². The van der Waals surface area contributed by atoms with Crippen molar-refractivity contribution in [2.45, 2.75) is 12.8 Å². The Hall–Kier alpha value is -1.51. The number of amides is 1. The molecule has 0 saturated carbocycles. The van der Waals surface area contributed by atoms with Crippen molar-refractivity contribution in [2.75, 3.05) is 11.9 Å². The first kappa shape index (κ1) is 13.5. The zero-order valence-electron chi connectivity index (χ0n) is 11.2. The molecule has 1 unspecified atom stereocenters. The standard InChI is InChI=1S/C16H13Cl2NO/c1-9-10-5-3-4-6-13(10)19(2)16(20)15-12(18)8-7-11(17)14(9)15/h3-9H,1-2H3. The Morgan fingerprint density at radius 3 is 2.45 bits per heavy atom. The molecular formula is C16H13Cl2NO. The second-order valence-corrected chi connectivity index (χ2v) is 5.78. The third-order valence-corrected chi connectivity index (χ3v) is 4.50. The van der Waals surface area contributed by atoms with Gasteiger partial charge in [-0.05, 0) is 29.3 Å². The predicted molar refractivity (Wildman–Crippen MR) is 83.2 cm³/mol. The maximum absolute atomic E-state index is 12.7. The Labute approximate surface area is 127 Å². The largest absolute Gasteiger partial charge is 0.311 e. The number of hydrogen-bond acceptors (Lipinski definition) is 1. The first-order chi connectivity index (χ1) is 9.52. The zero-order chi connectivity index (χ0) is 14.4. The van der Waals surface area contributed by atoms with Crippen LogP contribution < -0.4 is 4.90 Å². The van der Waals surface area contributed by atoms with E-state index in [1.165, 1.54) is 0 Å². The second kappa shape index (κ2) is 4.80. The van der Waals surface area contributed by atoms with Crippen molar-refractivity contribution in [3.05, 3.63) is 63.1 Å². The van der Waals surface area contributed by atoms with Crippen LogP contribution in [0.15, 0.2) is 36.4 Å². The van der Waals surface area contributed by atoms with Crippen molar-refractivity contribution < 1.29 is 4.79 Å². The highest BCUT2D eigenvalue weighted by Crippen LogP contribution is 2.42. The van der Waals surface area contributed by atoms with Crippen molar-refractivity contribution in [2.24, 2.45) is 0 Å². The summed E-state index contributed by atoms with van der Waals surface area (Å²) in [5.74, 6) is -0.106. The highest BCUT2D eigenvalue weighted by Gasteiger charge is 2.31. The van der Waals surface area contributed by atoms with Crippen LogP contribution in [0, 0.1) is 0 Å². The van der Waals surface area contributed by atoms with E-state index in [2.05, 4.69) is 0 Å². The lowest BCUT2D eigenvalue weighted by atomic mass is 9.90. The molecule has 0 N–H and O–H groups in total. The van der Waals surface area contributed by atoms with Crippen LogP contribution in [0.25, 0.3) is 0 Å². The Morgan fingerprint density at radius 2 is 1.70 bits per heavy atom. The van der Waals surface area contributed by atoms with E-state index in [4.69, 9.17) is 23.2 Å². The van der Waals surface area contributed by atoms with Gasteiger partial charge in [0.15, 0.2) is 0 Å². The molecule has 0 fully saturated rings. The molecule has 3 rings (SSSR count). The minimum absolute atomic E-state index is 0.0151. The minimum atomic E-state index is -0.121. The molecule has 0 aromatic heterocycles. The summed E-state index contributed by atoms with van der Waals surface area (Å²) in [7, 11) is 1.76. The van der Waals surface area contributed by atoms with Gasteiger partial charge in [0.05, 0.1) is 10.6 Å². The number of rotatable bonds is 0. The lowest BCUT2D eigenvalue weighted by Crippen LogP contribution is -2.26. The van der Waals surface area contributed by atoms with Gasteiger partial charge in [-0.1, -0.05) is 48.3 Å². The predicted octanol–water partition coefficient (Wildman–Crippen LogP) is 4.74. The summed E-state index contributed by atoms with van der Waals surface area (Å²) in [6, 6.07) is 11.3. The molecular weight excluding hydrogens is 293 g/mol. The SMILES string of the molecule is CC1c2ccccc2N(C)C(=O)c2c(Cl)ccc(Cl)c21. The van der Waals surface area contributed by atoms with Crippen LogP contribution in [0.2, 0.25) is 10.0 Å². The van der Waals surface area contributed by atoms with Gasteiger partial charge in [0, 0.05) is 23.7 Å². The van der Waals surface area contributed by atoms with Crippen molar-refractivity contribution in [3.8, 4) is 0 Å². The molecule has 1 atom stereocenters. The number of fused-ring (bicyclic) bond motifs is 2. The summed E-state index contributed by atoms with van der Waals surface area (Å²) >= 11 is 12.6. The number of halogens is 2. The molecule has 1 aliphatic heterocycles. The van der Waals surface area contributed by atoms with Gasteiger partial charge in [0.25, 0.3) is 5.91 Å². The Bertz CT molecular complexity index is 712. The average molecular weight is 306 g/mol. The Balaban J connectivity index is 2.39. The monoisotopic (exact) mass is 305 g/mol. The Kier molecular flexibility index (Phi) is 3.23. The molecule has 1 aliphatic rings. The summed E-state index contributed by atoms with van der Waals surface area (Å²) in [4.78, 5) is 14.3. The fourth-order valence-corrected chi connectivity index (χ4v) is 3.37. The number of carbonyl (C=O) groups excluding carboxylic acids is 1. The summed E-state index contributed by atoms with van der Waals surface area (Å²) in [6.45, 7) is 2.05. The van der Waals surface area contributed by atoms with E-state index in [0.29, 0.717) is 15.6 Å². The van der Waals surface area contributed by atoms with Gasteiger partial charge < -0.3 is 4.90 Å². The maximum atomic E-state index is 12.7. The lowest BCUT2D eigenvalue weighted by molar-refractivity contribution is 0.0993. The molecule has 0 radical (unpaired) electrons. The number of anilines is 1. The van der Waals surface area contributed by atoms with Crippen LogP contribution >= 0.6 is 23.2 Å².